The molecule has 24 heavy (non-hydrogen) atoms. The van der Waals surface area contributed by atoms with E-state index in [9.17, 15) is 14.7 Å². The second-order valence-corrected chi connectivity index (χ2v) is 7.78. The number of alkyl carbamates (subject to hydrolysis) is 1. The van der Waals surface area contributed by atoms with E-state index >= 15 is 0 Å². The molecule has 0 bridgehead atoms. The fourth-order valence-electron chi connectivity index (χ4n) is 3.68. The third-order valence-corrected chi connectivity index (χ3v) is 4.73. The quantitative estimate of drug-likeness (QED) is 0.692. The molecule has 3 N–H and O–H groups in total. The third-order valence-electron chi connectivity index (χ3n) is 4.73. The van der Waals surface area contributed by atoms with Crippen molar-refractivity contribution in [2.24, 2.45) is 11.8 Å². The SMILES string of the molecule is CCC(CC)C(NC(C)=O)C1C(O)CCC1NC(=O)OC(C)(C)C. The number of carbonyl (C=O) groups excluding carboxylic acids is 2. The minimum absolute atomic E-state index is 0.109. The van der Waals surface area contributed by atoms with Gasteiger partial charge in [-0.05, 0) is 39.5 Å². The molecule has 1 fully saturated rings. The first kappa shape index (κ1) is 20.7. The molecule has 0 aromatic rings. The van der Waals surface area contributed by atoms with Crippen molar-refractivity contribution in [3.05, 3.63) is 0 Å². The molecule has 0 aromatic carbocycles. The Morgan fingerprint density at radius 1 is 1.21 bits per heavy atom. The molecule has 6 heteroatoms. The van der Waals surface area contributed by atoms with E-state index in [1.54, 1.807) is 0 Å². The average Bonchev–Trinajstić information content (AvgIpc) is 2.77. The molecule has 140 valence electrons. The molecule has 0 radical (unpaired) electrons. The molecule has 1 saturated carbocycles. The van der Waals surface area contributed by atoms with Gasteiger partial charge in [-0.25, -0.2) is 4.79 Å². The predicted octanol–water partition coefficient (Wildman–Crippen LogP) is 2.59. The second kappa shape index (κ2) is 8.70. The molecule has 0 saturated heterocycles. The highest BCUT2D eigenvalue weighted by atomic mass is 16.6. The zero-order valence-corrected chi connectivity index (χ0v) is 15.9. The van der Waals surface area contributed by atoms with Crippen molar-refractivity contribution in [3.63, 3.8) is 0 Å². The number of aliphatic hydroxyl groups excluding tert-OH is 1. The highest BCUT2D eigenvalue weighted by Crippen LogP contribution is 2.34. The Balaban J connectivity index is 2.92. The van der Waals surface area contributed by atoms with Crippen molar-refractivity contribution in [1.82, 2.24) is 10.6 Å². The van der Waals surface area contributed by atoms with Gasteiger partial charge in [-0.3, -0.25) is 4.79 Å². The van der Waals surface area contributed by atoms with Crippen LogP contribution in [-0.4, -0.2) is 40.9 Å². The lowest BCUT2D eigenvalue weighted by Crippen LogP contribution is -2.54. The van der Waals surface area contributed by atoms with E-state index in [1.165, 1.54) is 6.92 Å². The van der Waals surface area contributed by atoms with E-state index in [1.807, 2.05) is 20.8 Å². The lowest BCUT2D eigenvalue weighted by Gasteiger charge is -2.36. The van der Waals surface area contributed by atoms with Gasteiger partial charge in [0, 0.05) is 24.9 Å². The van der Waals surface area contributed by atoms with Crippen molar-refractivity contribution in [2.45, 2.75) is 91.0 Å². The standard InChI is InChI=1S/C18H34N2O4/c1-7-12(8-2)16(19-11(3)21)15-13(9-10-14(15)22)20-17(23)24-18(4,5)6/h12-16,22H,7-10H2,1-6H3,(H,19,21)(H,20,23). The van der Waals surface area contributed by atoms with Gasteiger partial charge in [-0.2, -0.15) is 0 Å². The first-order chi connectivity index (χ1) is 11.1. The number of nitrogens with one attached hydrogen (secondary N) is 2. The summed E-state index contributed by atoms with van der Waals surface area (Å²) in [6.45, 7) is 11.1. The highest BCUT2D eigenvalue weighted by Gasteiger charge is 2.44. The number of carbonyl (C=O) groups is 2. The second-order valence-electron chi connectivity index (χ2n) is 7.78. The minimum atomic E-state index is -0.566. The molecule has 0 heterocycles. The fourth-order valence-corrected chi connectivity index (χ4v) is 3.68. The number of ether oxygens (including phenoxy) is 1. The summed E-state index contributed by atoms with van der Waals surface area (Å²) in [5, 5.41) is 16.4. The van der Waals surface area contributed by atoms with Gasteiger partial charge < -0.3 is 20.5 Å². The summed E-state index contributed by atoms with van der Waals surface area (Å²) in [6, 6.07) is -0.359. The van der Waals surface area contributed by atoms with E-state index in [-0.39, 0.29) is 29.8 Å². The van der Waals surface area contributed by atoms with Crippen LogP contribution in [0.4, 0.5) is 4.79 Å². The maximum absolute atomic E-state index is 12.1. The van der Waals surface area contributed by atoms with Crippen molar-refractivity contribution in [3.8, 4) is 0 Å². The van der Waals surface area contributed by atoms with Gasteiger partial charge >= 0.3 is 6.09 Å². The topological polar surface area (TPSA) is 87.7 Å². The van der Waals surface area contributed by atoms with Gasteiger partial charge in [0.2, 0.25) is 5.91 Å². The molecular formula is C18H34N2O4. The Kier molecular flexibility index (Phi) is 7.52. The van der Waals surface area contributed by atoms with Crippen molar-refractivity contribution in [2.75, 3.05) is 0 Å². The Bertz CT molecular complexity index is 429. The van der Waals surface area contributed by atoms with Gasteiger partial charge in [0.15, 0.2) is 0 Å². The van der Waals surface area contributed by atoms with Gasteiger partial charge in [-0.1, -0.05) is 26.7 Å². The fraction of sp³-hybridized carbons (Fsp3) is 0.889. The highest BCUT2D eigenvalue weighted by molar-refractivity contribution is 5.73. The first-order valence-electron chi connectivity index (χ1n) is 9.03. The van der Waals surface area contributed by atoms with Gasteiger partial charge in [-0.15, -0.1) is 0 Å². The van der Waals surface area contributed by atoms with Crippen LogP contribution in [0.2, 0.25) is 0 Å². The third kappa shape index (κ3) is 5.96. The van der Waals surface area contributed by atoms with Crippen LogP contribution in [0.15, 0.2) is 0 Å². The van der Waals surface area contributed by atoms with Crippen molar-refractivity contribution in [1.29, 1.82) is 0 Å². The van der Waals surface area contributed by atoms with Crippen LogP contribution >= 0.6 is 0 Å². The van der Waals surface area contributed by atoms with E-state index in [2.05, 4.69) is 24.5 Å². The van der Waals surface area contributed by atoms with E-state index < -0.39 is 17.8 Å². The van der Waals surface area contributed by atoms with E-state index in [0.29, 0.717) is 12.8 Å². The van der Waals surface area contributed by atoms with Crippen LogP contribution in [0.25, 0.3) is 0 Å². The monoisotopic (exact) mass is 342 g/mol. The summed E-state index contributed by atoms with van der Waals surface area (Å²) >= 11 is 0. The lowest BCUT2D eigenvalue weighted by atomic mass is 9.81. The summed E-state index contributed by atoms with van der Waals surface area (Å²) in [7, 11) is 0. The van der Waals surface area contributed by atoms with E-state index in [0.717, 1.165) is 12.8 Å². The molecule has 2 amide bonds. The molecule has 1 aliphatic rings. The Morgan fingerprint density at radius 2 is 1.79 bits per heavy atom. The number of rotatable bonds is 6. The van der Waals surface area contributed by atoms with E-state index in [4.69, 9.17) is 4.74 Å². The van der Waals surface area contributed by atoms with Crippen molar-refractivity contribution < 1.29 is 19.4 Å². The van der Waals surface area contributed by atoms with Crippen molar-refractivity contribution >= 4 is 12.0 Å². The summed E-state index contributed by atoms with van der Waals surface area (Å²) < 4.78 is 5.34. The maximum atomic E-state index is 12.1. The molecule has 0 spiro atoms. The summed E-state index contributed by atoms with van der Waals surface area (Å²) in [6.07, 6.45) is 2.09. The Morgan fingerprint density at radius 3 is 2.25 bits per heavy atom. The van der Waals surface area contributed by atoms with Crippen LogP contribution in [-0.2, 0) is 9.53 Å². The molecule has 4 unspecified atom stereocenters. The number of amides is 2. The average molecular weight is 342 g/mol. The molecule has 1 rings (SSSR count). The maximum Gasteiger partial charge on any atom is 0.407 e. The van der Waals surface area contributed by atoms with Crippen LogP contribution in [0.1, 0.15) is 67.2 Å². The lowest BCUT2D eigenvalue weighted by molar-refractivity contribution is -0.120. The smallest absolute Gasteiger partial charge is 0.407 e. The molecule has 0 aliphatic heterocycles. The number of hydrogen-bond donors (Lipinski definition) is 3. The predicted molar refractivity (Wildman–Crippen MR) is 93.6 cm³/mol. The number of aliphatic hydroxyl groups is 1. The first-order valence-corrected chi connectivity index (χ1v) is 9.03. The van der Waals surface area contributed by atoms with Crippen LogP contribution in [0, 0.1) is 11.8 Å². The summed E-state index contributed by atoms with van der Waals surface area (Å²) in [5.74, 6) is -0.0528. The van der Waals surface area contributed by atoms with Crippen LogP contribution in [0.5, 0.6) is 0 Å². The van der Waals surface area contributed by atoms with Crippen LogP contribution in [0.3, 0.4) is 0 Å². The Labute approximate surface area is 145 Å². The normalized spacial score (nSPS) is 25.4. The molecule has 1 aliphatic carbocycles. The largest absolute Gasteiger partial charge is 0.444 e. The molecule has 6 nitrogen and oxygen atoms in total. The molecule has 4 atom stereocenters. The summed E-state index contributed by atoms with van der Waals surface area (Å²) in [4.78, 5) is 23.8. The summed E-state index contributed by atoms with van der Waals surface area (Å²) in [5.41, 5.74) is -0.566. The molecule has 0 aromatic heterocycles. The Hall–Kier alpha value is -1.30. The van der Waals surface area contributed by atoms with Gasteiger partial charge in [0.25, 0.3) is 0 Å². The number of hydrogen-bond acceptors (Lipinski definition) is 4. The van der Waals surface area contributed by atoms with Gasteiger partial charge in [0.05, 0.1) is 6.10 Å². The van der Waals surface area contributed by atoms with Crippen LogP contribution < -0.4 is 10.6 Å². The molecular weight excluding hydrogens is 308 g/mol. The van der Waals surface area contributed by atoms with Gasteiger partial charge in [0.1, 0.15) is 5.60 Å². The zero-order valence-electron chi connectivity index (χ0n) is 15.9. The minimum Gasteiger partial charge on any atom is -0.444 e. The zero-order chi connectivity index (χ0) is 18.5.